The molecule has 21 nitrogen and oxygen atoms in total. The minimum atomic E-state index is -1.74. The van der Waals surface area contributed by atoms with Crippen molar-refractivity contribution in [1.29, 1.82) is 0 Å². The van der Waals surface area contributed by atoms with Crippen LogP contribution in [0.2, 0.25) is 0 Å². The number of esters is 6. The van der Waals surface area contributed by atoms with Gasteiger partial charge in [-0.2, -0.15) is 0 Å². The maximum absolute atomic E-state index is 13.4. The number of ether oxygens (including phenoxy) is 13. The lowest BCUT2D eigenvalue weighted by Gasteiger charge is -2.49. The van der Waals surface area contributed by atoms with Crippen LogP contribution in [0.25, 0.3) is 0 Å². The van der Waals surface area contributed by atoms with Gasteiger partial charge in [0.2, 0.25) is 5.91 Å². The van der Waals surface area contributed by atoms with Crippen LogP contribution in [-0.4, -0.2) is 156 Å². The molecule has 64 heavy (non-hydrogen) atoms. The molecule has 0 aromatic heterocycles. The Morgan fingerprint density at radius 1 is 0.578 bits per heavy atom. The summed E-state index contributed by atoms with van der Waals surface area (Å²) in [6.07, 6.45) is -13.2. The Morgan fingerprint density at radius 2 is 1.14 bits per heavy atom. The molecule has 2 aliphatic heterocycles. The van der Waals surface area contributed by atoms with Crippen LogP contribution in [0.4, 0.5) is 0 Å². The first-order valence-corrected chi connectivity index (χ1v) is 20.3. The summed E-state index contributed by atoms with van der Waals surface area (Å²) in [5.41, 5.74) is 0.915. The second kappa shape index (κ2) is 26.3. The Hall–Kier alpha value is -5.55. The van der Waals surface area contributed by atoms with Gasteiger partial charge in [0.15, 0.2) is 30.9 Å². The summed E-state index contributed by atoms with van der Waals surface area (Å²) in [5.74, 6) is -5.14. The maximum Gasteiger partial charge on any atom is 0.338 e. The lowest BCUT2D eigenvalue weighted by Crippen LogP contribution is -2.69. The molecule has 1 N–H and O–H groups in total. The van der Waals surface area contributed by atoms with Gasteiger partial charge in [0.05, 0.1) is 45.7 Å². The minimum Gasteiger partial charge on any atom is -0.467 e. The topological polar surface area (TPSA) is 252 Å². The third-order valence-electron chi connectivity index (χ3n) is 9.26. The van der Waals surface area contributed by atoms with Crippen molar-refractivity contribution in [3.05, 3.63) is 71.8 Å². The number of hydrogen-bond donors (Lipinski definition) is 1. The molecule has 2 fully saturated rings. The monoisotopic (exact) mass is 905 g/mol. The van der Waals surface area contributed by atoms with Gasteiger partial charge in [-0.25, -0.2) is 9.59 Å². The molecule has 21 heteroatoms. The summed E-state index contributed by atoms with van der Waals surface area (Å²) in [6, 6.07) is 15.9. The number of methoxy groups -OCH3 is 1. The summed E-state index contributed by atoms with van der Waals surface area (Å²) in [7, 11) is 1.24. The van der Waals surface area contributed by atoms with E-state index in [0.717, 1.165) is 27.7 Å². The van der Waals surface area contributed by atoms with Crippen LogP contribution >= 0.6 is 0 Å². The minimum absolute atomic E-state index is 0.00209. The summed E-state index contributed by atoms with van der Waals surface area (Å²) in [5, 5.41) is 2.81. The van der Waals surface area contributed by atoms with Gasteiger partial charge in [0.1, 0.15) is 50.3 Å². The number of amides is 1. The van der Waals surface area contributed by atoms with Crippen molar-refractivity contribution < 1.29 is 95.1 Å². The molecule has 2 saturated heterocycles. The molecule has 10 atom stereocenters. The zero-order valence-electron chi connectivity index (χ0n) is 36.4. The SMILES string of the molecule is COC(=O)COCCOCCO[C@@H]1O[C@H](COC(=O)c2ccccc2)[C@@H](O[C@@H]2O[C@H](COC(C)=O)[C@H](OC(C)=O)[C@H](OC(C)=O)[C@H]2OC(C)=O)[C@H](OCc2ccccc2)[C@H]1NC(C)=O. The average molecular weight is 906 g/mol. The summed E-state index contributed by atoms with van der Waals surface area (Å²) >= 11 is 0. The van der Waals surface area contributed by atoms with Crippen LogP contribution in [0.3, 0.4) is 0 Å². The lowest BCUT2D eigenvalue weighted by atomic mass is 9.94. The summed E-state index contributed by atoms with van der Waals surface area (Å²) in [4.78, 5) is 87.3. The first-order valence-electron chi connectivity index (χ1n) is 20.3. The van der Waals surface area contributed by atoms with E-state index in [2.05, 4.69) is 10.1 Å². The van der Waals surface area contributed by atoms with Crippen molar-refractivity contribution in [2.24, 2.45) is 0 Å². The van der Waals surface area contributed by atoms with Crippen LogP contribution in [0.15, 0.2) is 60.7 Å². The number of nitrogens with one attached hydrogen (secondary N) is 1. The van der Waals surface area contributed by atoms with Gasteiger partial charge in [-0.1, -0.05) is 48.5 Å². The summed E-state index contributed by atoms with van der Waals surface area (Å²) in [6.45, 7) is 4.29. The van der Waals surface area contributed by atoms with E-state index in [-0.39, 0.29) is 45.2 Å². The Morgan fingerprint density at radius 3 is 1.77 bits per heavy atom. The molecule has 0 bridgehead atoms. The molecule has 352 valence electrons. The van der Waals surface area contributed by atoms with Crippen molar-refractivity contribution in [2.75, 3.05) is 53.4 Å². The van der Waals surface area contributed by atoms with Crippen molar-refractivity contribution in [3.8, 4) is 0 Å². The maximum atomic E-state index is 13.4. The van der Waals surface area contributed by atoms with Crippen LogP contribution in [0.5, 0.6) is 0 Å². The van der Waals surface area contributed by atoms with E-state index in [9.17, 15) is 33.6 Å². The largest absolute Gasteiger partial charge is 0.467 e. The molecule has 1 amide bonds. The van der Waals surface area contributed by atoms with Gasteiger partial charge in [-0.05, 0) is 17.7 Å². The highest BCUT2D eigenvalue weighted by molar-refractivity contribution is 5.89. The van der Waals surface area contributed by atoms with Gasteiger partial charge in [0.25, 0.3) is 0 Å². The number of carbonyl (C=O) groups excluding carboxylic acids is 7. The zero-order valence-corrected chi connectivity index (χ0v) is 36.4. The fraction of sp³-hybridized carbons (Fsp3) is 0.558. The quantitative estimate of drug-likeness (QED) is 0.0938. The smallest absolute Gasteiger partial charge is 0.338 e. The first-order chi connectivity index (χ1) is 30.7. The van der Waals surface area contributed by atoms with Crippen LogP contribution in [0, 0.1) is 0 Å². The molecule has 4 rings (SSSR count). The molecule has 0 spiro atoms. The van der Waals surface area contributed by atoms with Crippen molar-refractivity contribution in [1.82, 2.24) is 5.32 Å². The van der Waals surface area contributed by atoms with Crippen LogP contribution < -0.4 is 5.32 Å². The molecule has 2 heterocycles. The second-order valence-electron chi connectivity index (χ2n) is 14.3. The molecule has 2 aliphatic rings. The third-order valence-corrected chi connectivity index (χ3v) is 9.26. The Labute approximate surface area is 369 Å². The second-order valence-corrected chi connectivity index (χ2v) is 14.3. The molecule has 0 aliphatic carbocycles. The van der Waals surface area contributed by atoms with E-state index >= 15 is 0 Å². The Bertz CT molecular complexity index is 1830. The van der Waals surface area contributed by atoms with Gasteiger partial charge in [-0.3, -0.25) is 24.0 Å². The van der Waals surface area contributed by atoms with Crippen molar-refractivity contribution in [3.63, 3.8) is 0 Å². The average Bonchev–Trinajstić information content (AvgIpc) is 3.25. The van der Waals surface area contributed by atoms with E-state index in [4.69, 9.17) is 56.8 Å². The van der Waals surface area contributed by atoms with E-state index < -0.39 is 116 Å². The van der Waals surface area contributed by atoms with E-state index in [1.54, 1.807) is 54.6 Å². The highest BCUT2D eigenvalue weighted by atomic mass is 16.8. The molecular formula is C43H55NO20. The van der Waals surface area contributed by atoms with Crippen LogP contribution in [-0.2, 0) is 97.0 Å². The lowest BCUT2D eigenvalue weighted by molar-refractivity contribution is -0.353. The molecule has 0 saturated carbocycles. The third kappa shape index (κ3) is 16.5. The standard InChI is InChI=1S/C43H55NO20/c1-25(45)44-35-38(57-21-30-13-9-7-10-14-30)36(64-43-40(61-29(5)49)39(60-28(4)48)37(59-27(3)47)32(63-43)22-56-26(2)46)33(23-58-41(51)31-15-11-8-12-16-31)62-42(35)55-20-19-53-17-18-54-24-34(50)52-6/h7-16,32-33,35-40,42-43H,17-24H2,1-6H3,(H,44,45)/t32-,33-,35-,36-,37+,38-,39+,40-,42-,43+/m1/s1. The van der Waals surface area contributed by atoms with E-state index in [1.165, 1.54) is 14.0 Å². The molecule has 2 aromatic rings. The van der Waals surface area contributed by atoms with E-state index in [0.29, 0.717) is 5.56 Å². The zero-order chi connectivity index (χ0) is 46.6. The van der Waals surface area contributed by atoms with Gasteiger partial charge in [-0.15, -0.1) is 0 Å². The van der Waals surface area contributed by atoms with Crippen molar-refractivity contribution in [2.45, 2.75) is 103 Å². The van der Waals surface area contributed by atoms with Gasteiger partial charge in [0, 0.05) is 34.6 Å². The normalized spacial score (nSPS) is 25.2. The van der Waals surface area contributed by atoms with Gasteiger partial charge < -0.3 is 66.9 Å². The molecule has 0 radical (unpaired) electrons. The van der Waals surface area contributed by atoms with Crippen LogP contribution in [0.1, 0.15) is 50.5 Å². The van der Waals surface area contributed by atoms with Crippen molar-refractivity contribution >= 4 is 41.7 Å². The molecule has 0 unspecified atom stereocenters. The molecular weight excluding hydrogens is 850 g/mol. The fourth-order valence-corrected chi connectivity index (χ4v) is 6.62. The highest BCUT2D eigenvalue weighted by Gasteiger charge is 2.56. The Kier molecular flexibility index (Phi) is 21.0. The number of hydrogen-bond acceptors (Lipinski definition) is 20. The van der Waals surface area contributed by atoms with Gasteiger partial charge >= 0.3 is 35.8 Å². The summed E-state index contributed by atoms with van der Waals surface area (Å²) < 4.78 is 75.2. The fourth-order valence-electron chi connectivity index (χ4n) is 6.62. The first kappa shape index (κ1) is 51.1. The number of rotatable bonds is 23. The predicted octanol–water partition coefficient (Wildman–Crippen LogP) is 1.35. The number of carbonyl (C=O) groups is 7. The Balaban J connectivity index is 1.76. The highest BCUT2D eigenvalue weighted by Crippen LogP contribution is 2.35. The number of benzene rings is 2. The predicted molar refractivity (Wildman–Crippen MR) is 214 cm³/mol. The van der Waals surface area contributed by atoms with E-state index in [1.807, 2.05) is 6.07 Å². The molecule has 2 aromatic carbocycles.